The zero-order valence-electron chi connectivity index (χ0n) is 28.5. The second-order valence-electron chi connectivity index (χ2n) is 14.5. The van der Waals surface area contributed by atoms with Gasteiger partial charge in [0.25, 0.3) is 0 Å². The fourth-order valence-corrected chi connectivity index (χ4v) is 9.03. The van der Waals surface area contributed by atoms with Crippen molar-refractivity contribution in [2.45, 2.75) is 64.8 Å². The predicted molar refractivity (Wildman–Crippen MR) is 198 cm³/mol. The molecule has 250 valence electrons. The molecule has 2 aliphatic carbocycles. The summed E-state index contributed by atoms with van der Waals surface area (Å²) in [6, 6.07) is 20.7. The van der Waals surface area contributed by atoms with Gasteiger partial charge in [-0.25, -0.2) is 9.37 Å². The van der Waals surface area contributed by atoms with Crippen LogP contribution >= 0.6 is 11.6 Å². The minimum Gasteiger partial charge on any atom is -0.480 e. The molecule has 4 aliphatic rings. The van der Waals surface area contributed by atoms with Crippen molar-refractivity contribution in [1.82, 2.24) is 0 Å². The number of nitrogens with zero attached hydrogens (tertiary/aromatic N) is 2. The molecule has 49 heavy (non-hydrogen) atoms. The number of carboxylic acid groups (broad SMARTS) is 2. The highest BCUT2D eigenvalue weighted by molar-refractivity contribution is 6.32. The Morgan fingerprint density at radius 1 is 0.918 bits per heavy atom. The Kier molecular flexibility index (Phi) is 8.27. The lowest BCUT2D eigenvalue weighted by molar-refractivity contribution is -0.536. The van der Waals surface area contributed by atoms with Crippen LogP contribution in [0, 0.1) is 5.41 Å². The van der Waals surface area contributed by atoms with Gasteiger partial charge in [0, 0.05) is 39.9 Å². The third-order valence-electron chi connectivity index (χ3n) is 10.8. The van der Waals surface area contributed by atoms with E-state index >= 15 is 0 Å². The average Bonchev–Trinajstić information content (AvgIpc) is 3.41. The highest BCUT2D eigenvalue weighted by Gasteiger charge is 2.51. The van der Waals surface area contributed by atoms with E-state index in [4.69, 9.17) is 11.6 Å². The molecule has 2 heterocycles. The van der Waals surface area contributed by atoms with Crippen molar-refractivity contribution in [1.29, 1.82) is 0 Å². The van der Waals surface area contributed by atoms with Crippen molar-refractivity contribution in [2.24, 2.45) is 5.41 Å². The van der Waals surface area contributed by atoms with Crippen LogP contribution in [0.4, 0.5) is 5.69 Å². The van der Waals surface area contributed by atoms with Crippen molar-refractivity contribution in [3.8, 4) is 0 Å². The second-order valence-corrected chi connectivity index (χ2v) is 14.9. The average molecular weight is 674 g/mol. The lowest BCUT2D eigenvalue weighted by atomic mass is 9.76. The molecule has 0 amide bonds. The molecule has 7 heteroatoms. The molecule has 2 N–H and O–H groups in total. The van der Waals surface area contributed by atoms with E-state index in [1.54, 1.807) is 0 Å². The molecule has 0 fully saturated rings. The van der Waals surface area contributed by atoms with E-state index in [9.17, 15) is 19.8 Å². The Balaban J connectivity index is 1.27. The first-order valence-corrected chi connectivity index (χ1v) is 17.4. The van der Waals surface area contributed by atoms with E-state index < -0.39 is 17.4 Å². The Morgan fingerprint density at radius 3 is 2.45 bits per heavy atom. The zero-order chi connectivity index (χ0) is 34.7. The molecule has 1 atom stereocenters. The molecule has 0 saturated heterocycles. The number of carboxylic acids is 2. The first-order valence-electron chi connectivity index (χ1n) is 17.1. The van der Waals surface area contributed by atoms with Crippen molar-refractivity contribution in [3.63, 3.8) is 0 Å². The summed E-state index contributed by atoms with van der Waals surface area (Å²) in [4.78, 5) is 26.1. The molecule has 7 rings (SSSR count). The second kappa shape index (κ2) is 12.3. The maximum absolute atomic E-state index is 12.1. The number of carbonyl (C=O) groups is 2. The summed E-state index contributed by atoms with van der Waals surface area (Å²) in [7, 11) is 0. The monoisotopic (exact) mass is 673 g/mol. The number of aliphatic carboxylic acids is 2. The number of benzene rings is 3. The van der Waals surface area contributed by atoms with Crippen LogP contribution in [-0.2, 0) is 15.0 Å². The lowest BCUT2D eigenvalue weighted by Gasteiger charge is -2.26. The molecule has 0 saturated carbocycles. The number of halogens is 1. The molecule has 0 aromatic heterocycles. The molecular weight excluding hydrogens is 632 g/mol. The number of hydrogen-bond acceptors (Lipinski definition) is 3. The molecule has 2 aliphatic heterocycles. The Labute approximate surface area is 292 Å². The molecule has 3 aromatic rings. The van der Waals surface area contributed by atoms with E-state index in [0.29, 0.717) is 5.03 Å². The zero-order valence-corrected chi connectivity index (χ0v) is 29.2. The van der Waals surface area contributed by atoms with Gasteiger partial charge in [-0.2, -0.15) is 0 Å². The van der Waals surface area contributed by atoms with Crippen molar-refractivity contribution in [2.75, 3.05) is 18.0 Å². The van der Waals surface area contributed by atoms with Crippen LogP contribution in [0.2, 0.25) is 0 Å². The fourth-order valence-electron chi connectivity index (χ4n) is 8.71. The van der Waals surface area contributed by atoms with Gasteiger partial charge in [-0.05, 0) is 83.2 Å². The molecule has 6 nitrogen and oxygen atoms in total. The van der Waals surface area contributed by atoms with Gasteiger partial charge in [0.1, 0.15) is 6.54 Å². The van der Waals surface area contributed by atoms with Gasteiger partial charge >= 0.3 is 11.9 Å². The Morgan fingerprint density at radius 2 is 1.67 bits per heavy atom. The first kappa shape index (κ1) is 32.8. The van der Waals surface area contributed by atoms with Crippen LogP contribution in [0.1, 0.15) is 58.9 Å². The minimum atomic E-state index is -0.887. The fraction of sp³-hybridized carbons (Fsp3) is 0.310. The number of allylic oxidation sites excluding steroid dienone is 8. The first-order chi connectivity index (χ1) is 23.4. The van der Waals surface area contributed by atoms with Gasteiger partial charge in [-0.3, -0.25) is 4.79 Å². The van der Waals surface area contributed by atoms with Crippen molar-refractivity contribution >= 4 is 57.4 Å². The number of fused-ring (bicyclic) bond motifs is 5. The van der Waals surface area contributed by atoms with Crippen LogP contribution in [0.25, 0.3) is 22.4 Å². The summed E-state index contributed by atoms with van der Waals surface area (Å²) in [6.45, 7) is 8.50. The van der Waals surface area contributed by atoms with Crippen molar-refractivity contribution < 1.29 is 24.4 Å². The maximum Gasteiger partial charge on any atom is 0.369 e. The summed E-state index contributed by atoms with van der Waals surface area (Å²) in [5, 5.41) is 25.2. The summed E-state index contributed by atoms with van der Waals surface area (Å²) >= 11 is 7.16. The highest BCUT2D eigenvalue weighted by atomic mass is 35.5. The molecule has 0 radical (unpaired) electrons. The number of rotatable bonds is 7. The van der Waals surface area contributed by atoms with Gasteiger partial charge in [-0.1, -0.05) is 98.3 Å². The summed E-state index contributed by atoms with van der Waals surface area (Å²) < 4.78 is 2.06. The quantitative estimate of drug-likeness (QED) is 0.263. The largest absolute Gasteiger partial charge is 0.480 e. The molecule has 3 aromatic carbocycles. The van der Waals surface area contributed by atoms with E-state index in [0.717, 1.165) is 70.3 Å². The van der Waals surface area contributed by atoms with Crippen LogP contribution < -0.4 is 15.3 Å². The molecule has 0 spiro atoms. The van der Waals surface area contributed by atoms with Gasteiger partial charge in [0.05, 0.1) is 5.41 Å². The van der Waals surface area contributed by atoms with Crippen LogP contribution in [-0.4, -0.2) is 51.6 Å². The Bertz CT molecular complexity index is 2220. The van der Waals surface area contributed by atoms with Crippen LogP contribution in [0.15, 0.2) is 107 Å². The van der Waals surface area contributed by atoms with E-state index in [1.165, 1.54) is 16.0 Å². The van der Waals surface area contributed by atoms with E-state index in [1.807, 2.05) is 23.1 Å². The van der Waals surface area contributed by atoms with Gasteiger partial charge in [0.2, 0.25) is 6.54 Å². The highest BCUT2D eigenvalue weighted by Crippen LogP contribution is 2.51. The van der Waals surface area contributed by atoms with Crippen LogP contribution in [0.5, 0.6) is 0 Å². The summed E-state index contributed by atoms with van der Waals surface area (Å²) in [5.41, 5.74) is 6.45. The molecule has 0 bridgehead atoms. The van der Waals surface area contributed by atoms with Gasteiger partial charge < -0.3 is 15.1 Å². The third-order valence-corrected chi connectivity index (χ3v) is 11.3. The SMILES string of the molecule is CC1(C)C2=c3ccccc3=CCC2[N+](CC(=O)O)=C1/C=C/C1=C(Cl)C(=C/C=C2/N(CC(=O)O)c3ccc4ccccc4c3C2(C)C)/CCC1. The molecule has 1 unspecified atom stereocenters. The standard InChI is InChI=1S/C42H41ClN2O4/c1-41(2)34(44(24-36(46)47)32-20-16-26-10-5-7-14-30(26)38(32)41)22-18-28-12-9-13-29(40(28)43)19-23-35-42(3,4)39-31-15-8-6-11-27(31)17-21-33(39)45(35)25-37(48)49/h5-8,10-11,14-20,22-23,33H,9,12-13,21,24-25H2,1-4H3,(H-,46,47,48,49)/p+1. The van der Waals surface area contributed by atoms with Gasteiger partial charge in [-0.15, -0.1) is 0 Å². The predicted octanol–water partition coefficient (Wildman–Crippen LogP) is 7.05. The number of anilines is 1. The Hall–Kier alpha value is -4.68. The number of hydrogen-bond donors (Lipinski definition) is 2. The lowest BCUT2D eigenvalue weighted by Crippen LogP contribution is -2.40. The summed E-state index contributed by atoms with van der Waals surface area (Å²) in [5.74, 6) is -1.74. The third kappa shape index (κ3) is 5.56. The van der Waals surface area contributed by atoms with Gasteiger partial charge in [0.15, 0.2) is 11.8 Å². The van der Waals surface area contributed by atoms with E-state index in [-0.39, 0.29) is 24.5 Å². The minimum absolute atomic E-state index is 0.0108. The maximum atomic E-state index is 12.1. The molecular formula is C42H42ClN2O4+. The van der Waals surface area contributed by atoms with Crippen LogP contribution in [0.3, 0.4) is 0 Å². The topological polar surface area (TPSA) is 80.9 Å². The van der Waals surface area contributed by atoms with Crippen molar-refractivity contribution in [3.05, 3.63) is 123 Å². The normalized spacial score (nSPS) is 22.6. The smallest absolute Gasteiger partial charge is 0.369 e. The summed E-state index contributed by atoms with van der Waals surface area (Å²) in [6.07, 6.45) is 13.8. The van der Waals surface area contributed by atoms with E-state index in [2.05, 4.69) is 105 Å².